The van der Waals surface area contributed by atoms with Crippen LogP contribution in [0.1, 0.15) is 11.6 Å². The second-order valence-electron chi connectivity index (χ2n) is 4.80. The van der Waals surface area contributed by atoms with E-state index >= 15 is 0 Å². The second kappa shape index (κ2) is 8.07. The third-order valence-corrected chi connectivity index (χ3v) is 3.41. The molecule has 1 unspecified atom stereocenters. The van der Waals surface area contributed by atoms with Crippen molar-refractivity contribution in [1.82, 2.24) is 10.2 Å². The van der Waals surface area contributed by atoms with E-state index in [1.54, 1.807) is 12.1 Å². The molecule has 0 fully saturated rings. The van der Waals surface area contributed by atoms with Crippen LogP contribution in [0.4, 0.5) is 0 Å². The number of hydrogen-bond donors (Lipinski definition) is 2. The van der Waals surface area contributed by atoms with Crippen molar-refractivity contribution in [1.29, 1.82) is 0 Å². The molecular formula is C14H22ClN3O3. The average Bonchev–Trinajstić information content (AvgIpc) is 2.43. The van der Waals surface area contributed by atoms with Gasteiger partial charge in [0.05, 0.1) is 19.2 Å². The van der Waals surface area contributed by atoms with Crippen molar-refractivity contribution < 1.29 is 14.3 Å². The number of benzene rings is 1. The summed E-state index contributed by atoms with van der Waals surface area (Å²) in [6, 6.07) is 2.73. The summed E-state index contributed by atoms with van der Waals surface area (Å²) in [5.74, 6) is 0.392. The molecule has 1 aromatic rings. The third-order valence-electron chi connectivity index (χ3n) is 3.02. The fourth-order valence-electron chi connectivity index (χ4n) is 1.92. The number of nitrogens with one attached hydrogen (secondary N) is 1. The predicted molar refractivity (Wildman–Crippen MR) is 83.0 cm³/mol. The van der Waals surface area contributed by atoms with E-state index in [0.717, 1.165) is 6.54 Å². The highest BCUT2D eigenvalue weighted by Gasteiger charge is 2.23. The van der Waals surface area contributed by atoms with Crippen molar-refractivity contribution in [3.05, 3.63) is 22.7 Å². The number of likely N-dealkylation sites (N-methyl/N-ethyl adjacent to an activating group) is 1. The van der Waals surface area contributed by atoms with Crippen LogP contribution in [0.25, 0.3) is 0 Å². The maximum Gasteiger partial charge on any atom is 0.239 e. The minimum absolute atomic E-state index is 0.318. The normalized spacial score (nSPS) is 12.3. The summed E-state index contributed by atoms with van der Waals surface area (Å²) in [4.78, 5) is 13.7. The number of methoxy groups -OCH3 is 2. The first kappa shape index (κ1) is 17.6. The van der Waals surface area contributed by atoms with Crippen molar-refractivity contribution in [2.75, 3.05) is 41.4 Å². The van der Waals surface area contributed by atoms with Crippen LogP contribution in [0.15, 0.2) is 12.1 Å². The van der Waals surface area contributed by atoms with E-state index in [2.05, 4.69) is 5.32 Å². The molecule has 1 rings (SSSR count). The fourth-order valence-corrected chi connectivity index (χ4v) is 2.27. The van der Waals surface area contributed by atoms with E-state index in [9.17, 15) is 4.79 Å². The molecule has 1 amide bonds. The van der Waals surface area contributed by atoms with Gasteiger partial charge >= 0.3 is 0 Å². The Kier molecular flexibility index (Phi) is 6.74. The molecule has 118 valence electrons. The van der Waals surface area contributed by atoms with E-state index in [4.69, 9.17) is 26.8 Å². The van der Waals surface area contributed by atoms with Gasteiger partial charge in [-0.25, -0.2) is 0 Å². The molecule has 0 spiro atoms. The highest BCUT2D eigenvalue weighted by atomic mass is 35.5. The number of nitrogens with two attached hydrogens (primary N) is 1. The van der Waals surface area contributed by atoms with Gasteiger partial charge in [-0.05, 0) is 20.2 Å². The van der Waals surface area contributed by atoms with Gasteiger partial charge in [-0.15, -0.1) is 0 Å². The molecular weight excluding hydrogens is 294 g/mol. The van der Waals surface area contributed by atoms with Crippen molar-refractivity contribution >= 4 is 17.5 Å². The Morgan fingerprint density at radius 3 is 2.52 bits per heavy atom. The summed E-state index contributed by atoms with van der Waals surface area (Å²) < 4.78 is 10.4. The summed E-state index contributed by atoms with van der Waals surface area (Å²) in [7, 11) is 6.91. The molecule has 21 heavy (non-hydrogen) atoms. The molecule has 0 radical (unpaired) electrons. The molecule has 1 aromatic carbocycles. The lowest BCUT2D eigenvalue weighted by Crippen LogP contribution is -2.37. The van der Waals surface area contributed by atoms with Crippen molar-refractivity contribution in [3.63, 3.8) is 0 Å². The van der Waals surface area contributed by atoms with Gasteiger partial charge in [-0.2, -0.15) is 0 Å². The van der Waals surface area contributed by atoms with Crippen LogP contribution in [-0.2, 0) is 4.79 Å². The summed E-state index contributed by atoms with van der Waals surface area (Å²) in [6.07, 6.45) is 0. The lowest BCUT2D eigenvalue weighted by Gasteiger charge is -2.20. The molecule has 0 heterocycles. The van der Waals surface area contributed by atoms with Crippen LogP contribution >= 0.6 is 11.6 Å². The molecule has 0 bridgehead atoms. The molecule has 1 atom stereocenters. The van der Waals surface area contributed by atoms with E-state index < -0.39 is 11.9 Å². The molecule has 6 nitrogen and oxygen atoms in total. The molecule has 0 aromatic heterocycles. The zero-order chi connectivity index (χ0) is 16.0. The quantitative estimate of drug-likeness (QED) is 0.749. The number of carbonyl (C=O) groups excluding carboxylic acids is 1. The lowest BCUT2D eigenvalue weighted by atomic mass is 10.1. The van der Waals surface area contributed by atoms with Gasteiger partial charge in [0.2, 0.25) is 5.91 Å². The topological polar surface area (TPSA) is 76.8 Å². The van der Waals surface area contributed by atoms with Gasteiger partial charge in [-0.1, -0.05) is 17.7 Å². The van der Waals surface area contributed by atoms with Gasteiger partial charge < -0.3 is 25.4 Å². The molecule has 0 saturated carbocycles. The van der Waals surface area contributed by atoms with Crippen LogP contribution in [-0.4, -0.2) is 52.2 Å². The Hall–Kier alpha value is -1.50. The summed E-state index contributed by atoms with van der Waals surface area (Å²) >= 11 is 6.31. The zero-order valence-electron chi connectivity index (χ0n) is 12.8. The first-order valence-electron chi connectivity index (χ1n) is 6.50. The molecule has 0 saturated heterocycles. The SMILES string of the molecule is COc1ccc(C(NCCN(C)C)C(N)=O)c(Cl)c1OC. The number of primary amides is 1. The fraction of sp³-hybridized carbons (Fsp3) is 0.500. The van der Waals surface area contributed by atoms with Gasteiger partial charge in [0.15, 0.2) is 11.5 Å². The second-order valence-corrected chi connectivity index (χ2v) is 5.18. The van der Waals surface area contributed by atoms with Gasteiger partial charge in [0.25, 0.3) is 0 Å². The number of hydrogen-bond acceptors (Lipinski definition) is 5. The summed E-state index contributed by atoms with van der Waals surface area (Å²) in [5.41, 5.74) is 6.04. The van der Waals surface area contributed by atoms with Crippen LogP contribution in [0, 0.1) is 0 Å². The summed E-state index contributed by atoms with van der Waals surface area (Å²) in [6.45, 7) is 1.37. The predicted octanol–water partition coefficient (Wildman–Crippen LogP) is 1.03. The highest BCUT2D eigenvalue weighted by Crippen LogP contribution is 2.39. The first-order chi connectivity index (χ1) is 9.92. The van der Waals surface area contributed by atoms with Gasteiger partial charge in [0, 0.05) is 18.7 Å². The first-order valence-corrected chi connectivity index (χ1v) is 6.88. The minimum atomic E-state index is -0.683. The largest absolute Gasteiger partial charge is 0.493 e. The highest BCUT2D eigenvalue weighted by molar-refractivity contribution is 6.33. The monoisotopic (exact) mass is 315 g/mol. The summed E-state index contributed by atoms with van der Waals surface area (Å²) in [5, 5.41) is 3.42. The number of nitrogens with zero attached hydrogens (tertiary/aromatic N) is 1. The number of amides is 1. The minimum Gasteiger partial charge on any atom is -0.493 e. The van der Waals surface area contributed by atoms with Crippen LogP contribution < -0.4 is 20.5 Å². The molecule has 0 aliphatic rings. The molecule has 0 aliphatic heterocycles. The smallest absolute Gasteiger partial charge is 0.239 e. The van der Waals surface area contributed by atoms with E-state index in [1.165, 1.54) is 14.2 Å². The maximum absolute atomic E-state index is 11.7. The van der Waals surface area contributed by atoms with Crippen molar-refractivity contribution in [3.8, 4) is 11.5 Å². The lowest BCUT2D eigenvalue weighted by molar-refractivity contribution is -0.120. The van der Waals surface area contributed by atoms with E-state index in [-0.39, 0.29) is 0 Å². The maximum atomic E-state index is 11.7. The van der Waals surface area contributed by atoms with E-state index in [0.29, 0.717) is 28.6 Å². The van der Waals surface area contributed by atoms with Crippen LogP contribution in [0.5, 0.6) is 11.5 Å². The van der Waals surface area contributed by atoms with Crippen LogP contribution in [0.2, 0.25) is 5.02 Å². The Bertz CT molecular complexity index is 495. The number of rotatable bonds is 8. The number of ether oxygens (including phenoxy) is 2. The van der Waals surface area contributed by atoms with E-state index in [1.807, 2.05) is 19.0 Å². The Morgan fingerprint density at radius 1 is 1.38 bits per heavy atom. The number of halogens is 1. The van der Waals surface area contributed by atoms with Gasteiger partial charge in [-0.3, -0.25) is 4.79 Å². The Labute approximate surface area is 130 Å². The molecule has 7 heteroatoms. The standard InChI is InChI=1S/C14H22ClN3O3/c1-18(2)8-7-17-12(14(16)19)9-5-6-10(20-3)13(21-4)11(9)15/h5-6,12,17H,7-8H2,1-4H3,(H2,16,19). The van der Waals surface area contributed by atoms with Crippen molar-refractivity contribution in [2.24, 2.45) is 5.73 Å². The third kappa shape index (κ3) is 4.49. The number of carbonyl (C=O) groups is 1. The zero-order valence-corrected chi connectivity index (χ0v) is 13.5. The van der Waals surface area contributed by atoms with Gasteiger partial charge in [0.1, 0.15) is 6.04 Å². The Morgan fingerprint density at radius 2 is 2.05 bits per heavy atom. The molecule has 3 N–H and O–H groups in total. The Balaban J connectivity index is 3.06. The average molecular weight is 316 g/mol. The van der Waals surface area contributed by atoms with Crippen molar-refractivity contribution in [2.45, 2.75) is 6.04 Å². The van der Waals surface area contributed by atoms with Crippen LogP contribution in [0.3, 0.4) is 0 Å². The molecule has 0 aliphatic carbocycles.